The number of hydrogen-bond donors (Lipinski definition) is 2. The Balaban J connectivity index is 1.70. The molecule has 1 amide bonds. The van der Waals surface area contributed by atoms with Crippen LogP contribution in [0.1, 0.15) is 16.2 Å². The number of hydrogen-bond acceptors (Lipinski definition) is 5. The molecule has 3 aromatic rings. The van der Waals surface area contributed by atoms with Gasteiger partial charge in [-0.25, -0.2) is 9.97 Å². The summed E-state index contributed by atoms with van der Waals surface area (Å²) in [6.07, 6.45) is 3.04. The molecule has 0 aliphatic rings. The lowest BCUT2D eigenvalue weighted by atomic mass is 10.3. The number of carbonyl (C=O) groups excluding carboxylic acids is 1. The third-order valence-corrected chi connectivity index (χ3v) is 3.45. The first-order valence-electron chi connectivity index (χ1n) is 6.97. The second-order valence-electron chi connectivity index (χ2n) is 4.81. The van der Waals surface area contributed by atoms with Gasteiger partial charge in [-0.2, -0.15) is 0 Å². The van der Waals surface area contributed by atoms with Gasteiger partial charge in [0.1, 0.15) is 11.5 Å². The summed E-state index contributed by atoms with van der Waals surface area (Å²) in [5.74, 6) is 0.587. The second kappa shape index (κ2) is 7.33. The molecule has 0 aliphatic carbocycles. The number of nitrogens with zero attached hydrogens (tertiary/aromatic N) is 2. The fourth-order valence-electron chi connectivity index (χ4n) is 1.97. The summed E-state index contributed by atoms with van der Waals surface area (Å²) < 4.78 is 5.16. The summed E-state index contributed by atoms with van der Waals surface area (Å²) in [5.41, 5.74) is 0.854. The van der Waals surface area contributed by atoms with Crippen LogP contribution in [0.5, 0.6) is 0 Å². The fraction of sp³-hybridized carbons (Fsp3) is 0.0625. The Hall–Kier alpha value is -2.57. The van der Waals surface area contributed by atoms with Crippen molar-refractivity contribution < 1.29 is 9.21 Å². The Morgan fingerprint density at radius 1 is 1.17 bits per heavy atom. The molecule has 6 nitrogen and oxygen atoms in total. The van der Waals surface area contributed by atoms with Crippen LogP contribution in [0, 0.1) is 0 Å². The minimum atomic E-state index is -0.332. The van der Waals surface area contributed by atoms with E-state index < -0.39 is 0 Å². The molecule has 0 radical (unpaired) electrons. The average Bonchev–Trinajstić information content (AvgIpc) is 3.05. The molecule has 0 fully saturated rings. The number of carbonyl (C=O) groups is 1. The number of rotatable bonds is 5. The van der Waals surface area contributed by atoms with Crippen LogP contribution in [0.2, 0.25) is 10.0 Å². The highest BCUT2D eigenvalue weighted by molar-refractivity contribution is 6.35. The van der Waals surface area contributed by atoms with Crippen molar-refractivity contribution in [3.05, 3.63) is 70.4 Å². The lowest BCUT2D eigenvalue weighted by molar-refractivity contribution is 0.0943. The zero-order valence-electron chi connectivity index (χ0n) is 12.3. The van der Waals surface area contributed by atoms with E-state index in [2.05, 4.69) is 20.6 Å². The number of amides is 1. The van der Waals surface area contributed by atoms with Gasteiger partial charge < -0.3 is 15.1 Å². The lowest BCUT2D eigenvalue weighted by Crippen LogP contribution is -2.23. The molecule has 8 heteroatoms. The first-order valence-corrected chi connectivity index (χ1v) is 7.72. The monoisotopic (exact) mass is 362 g/mol. The Morgan fingerprint density at radius 3 is 2.67 bits per heavy atom. The largest absolute Gasteiger partial charge is 0.467 e. The molecule has 0 unspecified atom stereocenters. The third kappa shape index (κ3) is 4.24. The van der Waals surface area contributed by atoms with Crippen LogP contribution in [-0.2, 0) is 6.54 Å². The van der Waals surface area contributed by atoms with Gasteiger partial charge in [0.25, 0.3) is 5.91 Å². The van der Waals surface area contributed by atoms with E-state index >= 15 is 0 Å². The van der Waals surface area contributed by atoms with E-state index in [1.165, 1.54) is 12.3 Å². The topological polar surface area (TPSA) is 80.0 Å². The maximum Gasteiger partial charge on any atom is 0.270 e. The molecule has 2 N–H and O–H groups in total. The van der Waals surface area contributed by atoms with Crippen LogP contribution < -0.4 is 10.6 Å². The molecule has 0 bridgehead atoms. The van der Waals surface area contributed by atoms with E-state index in [1.54, 1.807) is 36.6 Å². The Morgan fingerprint density at radius 2 is 1.96 bits per heavy atom. The number of nitrogens with one attached hydrogen (secondary N) is 2. The van der Waals surface area contributed by atoms with Crippen molar-refractivity contribution >= 4 is 40.7 Å². The van der Waals surface area contributed by atoms with Gasteiger partial charge >= 0.3 is 0 Å². The molecule has 1 aromatic carbocycles. The second-order valence-corrected chi connectivity index (χ2v) is 5.68. The highest BCUT2D eigenvalue weighted by Crippen LogP contribution is 2.24. The molecule has 24 heavy (non-hydrogen) atoms. The van der Waals surface area contributed by atoms with E-state index in [4.69, 9.17) is 27.6 Å². The highest BCUT2D eigenvalue weighted by Gasteiger charge is 2.10. The SMILES string of the molecule is O=C(NCc1ccco1)c1ccnc(Nc2cc(Cl)cc(Cl)c2)n1. The van der Waals surface area contributed by atoms with Crippen LogP contribution >= 0.6 is 23.2 Å². The maximum atomic E-state index is 12.1. The smallest absolute Gasteiger partial charge is 0.270 e. The van der Waals surface area contributed by atoms with Crippen LogP contribution in [0.3, 0.4) is 0 Å². The number of anilines is 2. The summed E-state index contributed by atoms with van der Waals surface area (Å²) in [6, 6.07) is 10.0. The molecule has 0 atom stereocenters. The molecular weight excluding hydrogens is 351 g/mol. The van der Waals surface area contributed by atoms with Gasteiger partial charge in [-0.3, -0.25) is 4.79 Å². The molecule has 2 heterocycles. The van der Waals surface area contributed by atoms with Gasteiger partial charge in [0.15, 0.2) is 0 Å². The first kappa shape index (κ1) is 16.3. The minimum absolute atomic E-state index is 0.229. The van der Waals surface area contributed by atoms with Crippen molar-refractivity contribution in [3.63, 3.8) is 0 Å². The molecule has 0 spiro atoms. The normalized spacial score (nSPS) is 10.4. The summed E-state index contributed by atoms with van der Waals surface area (Å²) in [5, 5.41) is 6.65. The van der Waals surface area contributed by atoms with Crippen LogP contribution in [0.4, 0.5) is 11.6 Å². The standard InChI is InChI=1S/C16H12Cl2N4O2/c17-10-6-11(18)8-12(7-10)21-16-19-4-3-14(22-16)15(23)20-9-13-2-1-5-24-13/h1-8H,9H2,(H,20,23)(H,19,21,22). The Kier molecular flexibility index (Phi) is 4.98. The van der Waals surface area contributed by atoms with Crippen LogP contribution in [0.15, 0.2) is 53.3 Å². The summed E-state index contributed by atoms with van der Waals surface area (Å²) in [6.45, 7) is 0.280. The minimum Gasteiger partial charge on any atom is -0.467 e. The molecule has 0 saturated heterocycles. The number of furan rings is 1. The number of benzene rings is 1. The van der Waals surface area contributed by atoms with Crippen LogP contribution in [0.25, 0.3) is 0 Å². The molecule has 0 saturated carbocycles. The molecular formula is C16H12Cl2N4O2. The van der Waals surface area contributed by atoms with Crippen molar-refractivity contribution in [2.45, 2.75) is 6.54 Å². The summed E-state index contributed by atoms with van der Waals surface area (Å²) >= 11 is 11.9. The van der Waals surface area contributed by atoms with Crippen molar-refractivity contribution in [2.24, 2.45) is 0 Å². The third-order valence-electron chi connectivity index (χ3n) is 3.01. The highest BCUT2D eigenvalue weighted by atomic mass is 35.5. The van der Waals surface area contributed by atoms with Gasteiger partial charge in [0.2, 0.25) is 5.95 Å². The number of aromatic nitrogens is 2. The van der Waals surface area contributed by atoms with Crippen molar-refractivity contribution in [1.82, 2.24) is 15.3 Å². The van der Waals surface area contributed by atoms with Crippen LogP contribution in [-0.4, -0.2) is 15.9 Å². The Bertz CT molecular complexity index is 833. The van der Waals surface area contributed by atoms with Gasteiger partial charge in [-0.05, 0) is 36.4 Å². The molecule has 122 valence electrons. The first-order chi connectivity index (χ1) is 11.6. The van der Waals surface area contributed by atoms with Crippen molar-refractivity contribution in [2.75, 3.05) is 5.32 Å². The van der Waals surface area contributed by atoms with E-state index in [1.807, 2.05) is 0 Å². The van der Waals surface area contributed by atoms with Gasteiger partial charge in [-0.15, -0.1) is 0 Å². The maximum absolute atomic E-state index is 12.1. The number of halogens is 2. The fourth-order valence-corrected chi connectivity index (χ4v) is 2.50. The van der Waals surface area contributed by atoms with Crippen molar-refractivity contribution in [3.8, 4) is 0 Å². The summed E-state index contributed by atoms with van der Waals surface area (Å²) in [7, 11) is 0. The molecule has 3 rings (SSSR count). The van der Waals surface area contributed by atoms with E-state index in [0.29, 0.717) is 21.5 Å². The van der Waals surface area contributed by atoms with Crippen molar-refractivity contribution in [1.29, 1.82) is 0 Å². The molecule has 0 aliphatic heterocycles. The van der Waals surface area contributed by atoms with Gasteiger partial charge in [0, 0.05) is 21.9 Å². The Labute approximate surface area is 147 Å². The predicted octanol–water partition coefficient (Wildman–Crippen LogP) is 4.05. The predicted molar refractivity (Wildman–Crippen MR) is 91.7 cm³/mol. The quantitative estimate of drug-likeness (QED) is 0.715. The van der Waals surface area contributed by atoms with E-state index in [0.717, 1.165) is 0 Å². The zero-order chi connectivity index (χ0) is 16.9. The zero-order valence-corrected chi connectivity index (χ0v) is 13.8. The molecule has 2 aromatic heterocycles. The van der Waals surface area contributed by atoms with E-state index in [-0.39, 0.29) is 24.1 Å². The average molecular weight is 363 g/mol. The summed E-state index contributed by atoms with van der Waals surface area (Å²) in [4.78, 5) is 20.4. The van der Waals surface area contributed by atoms with E-state index in [9.17, 15) is 4.79 Å². The van der Waals surface area contributed by atoms with Gasteiger partial charge in [-0.1, -0.05) is 23.2 Å². The lowest BCUT2D eigenvalue weighted by Gasteiger charge is -2.07. The van der Waals surface area contributed by atoms with Gasteiger partial charge in [0.05, 0.1) is 12.8 Å².